The van der Waals surface area contributed by atoms with Crippen molar-refractivity contribution < 1.29 is 0 Å². The molecule has 0 aromatic rings. The van der Waals surface area contributed by atoms with Crippen LogP contribution in [0.5, 0.6) is 0 Å². The quantitative estimate of drug-likeness (QED) is 0.630. The van der Waals surface area contributed by atoms with Gasteiger partial charge < -0.3 is 5.32 Å². The fourth-order valence-electron chi connectivity index (χ4n) is 2.49. The highest BCUT2D eigenvalue weighted by atomic mass is 15.2. The molecule has 2 nitrogen and oxygen atoms in total. The Morgan fingerprint density at radius 3 is 2.58 bits per heavy atom. The van der Waals surface area contributed by atoms with Crippen LogP contribution in [0.15, 0.2) is 0 Å². The molecule has 2 heteroatoms. The van der Waals surface area contributed by atoms with Gasteiger partial charge in [-0.2, -0.15) is 0 Å². The van der Waals surface area contributed by atoms with Crippen LogP contribution in [0.25, 0.3) is 0 Å². The minimum atomic E-state index is 0.485. The fourth-order valence-corrected chi connectivity index (χ4v) is 2.49. The van der Waals surface area contributed by atoms with E-state index in [0.717, 1.165) is 6.04 Å². The summed E-state index contributed by atoms with van der Waals surface area (Å²) in [7, 11) is 0. The van der Waals surface area contributed by atoms with Gasteiger partial charge in [-0.1, -0.05) is 13.8 Å². The molecule has 1 N–H and O–H groups in total. The maximum atomic E-state index is 3.48. The standard InChI is InChI=1S/C10H20N2/c1-10(2)8-11-5-4-9(10)12-6-3-7-12/h9,11H,3-8H2,1-2H3. The minimum Gasteiger partial charge on any atom is -0.316 e. The van der Waals surface area contributed by atoms with Crippen molar-refractivity contribution in [1.82, 2.24) is 10.2 Å². The summed E-state index contributed by atoms with van der Waals surface area (Å²) in [5.41, 5.74) is 0.485. The topological polar surface area (TPSA) is 15.3 Å². The SMILES string of the molecule is CC1(C)CNCCC1N1CCC1. The van der Waals surface area contributed by atoms with Crippen molar-refractivity contribution in [3.63, 3.8) is 0 Å². The van der Waals surface area contributed by atoms with Crippen LogP contribution < -0.4 is 5.32 Å². The zero-order valence-electron chi connectivity index (χ0n) is 8.27. The third kappa shape index (κ3) is 1.38. The highest BCUT2D eigenvalue weighted by Gasteiger charge is 2.37. The largest absolute Gasteiger partial charge is 0.316 e. The third-order valence-electron chi connectivity index (χ3n) is 3.41. The lowest BCUT2D eigenvalue weighted by Crippen LogP contribution is -2.58. The van der Waals surface area contributed by atoms with Gasteiger partial charge in [-0.15, -0.1) is 0 Å². The lowest BCUT2D eigenvalue weighted by atomic mass is 9.78. The van der Waals surface area contributed by atoms with Gasteiger partial charge >= 0.3 is 0 Å². The van der Waals surface area contributed by atoms with E-state index in [9.17, 15) is 0 Å². The molecule has 2 heterocycles. The summed E-state index contributed by atoms with van der Waals surface area (Å²) in [6.45, 7) is 9.87. The predicted octanol–water partition coefficient (Wildman–Crippen LogP) is 1.08. The molecule has 2 rings (SSSR count). The molecule has 70 valence electrons. The van der Waals surface area contributed by atoms with Gasteiger partial charge in [0.25, 0.3) is 0 Å². The Labute approximate surface area is 75.3 Å². The monoisotopic (exact) mass is 168 g/mol. The first-order valence-electron chi connectivity index (χ1n) is 5.15. The number of likely N-dealkylation sites (tertiary alicyclic amines) is 1. The molecule has 0 spiro atoms. The van der Waals surface area contributed by atoms with E-state index in [1.807, 2.05) is 0 Å². The van der Waals surface area contributed by atoms with Gasteiger partial charge in [-0.25, -0.2) is 0 Å². The molecular formula is C10H20N2. The average Bonchev–Trinajstić information content (AvgIpc) is 1.89. The highest BCUT2D eigenvalue weighted by Crippen LogP contribution is 2.32. The molecule has 0 aliphatic carbocycles. The van der Waals surface area contributed by atoms with E-state index in [4.69, 9.17) is 0 Å². The summed E-state index contributed by atoms with van der Waals surface area (Å²) in [5.74, 6) is 0. The van der Waals surface area contributed by atoms with Crippen LogP contribution in [0.4, 0.5) is 0 Å². The van der Waals surface area contributed by atoms with Gasteiger partial charge in [-0.3, -0.25) is 4.90 Å². The van der Waals surface area contributed by atoms with E-state index in [2.05, 4.69) is 24.1 Å². The first-order valence-corrected chi connectivity index (χ1v) is 5.15. The van der Waals surface area contributed by atoms with E-state index in [-0.39, 0.29) is 0 Å². The molecule has 1 unspecified atom stereocenters. The van der Waals surface area contributed by atoms with E-state index in [0.29, 0.717) is 5.41 Å². The predicted molar refractivity (Wildman–Crippen MR) is 51.2 cm³/mol. The van der Waals surface area contributed by atoms with Gasteiger partial charge in [0, 0.05) is 12.6 Å². The maximum Gasteiger partial charge on any atom is 0.0171 e. The third-order valence-corrected chi connectivity index (χ3v) is 3.41. The molecule has 0 aromatic heterocycles. The van der Waals surface area contributed by atoms with Crippen molar-refractivity contribution in [3.8, 4) is 0 Å². The maximum absolute atomic E-state index is 3.48. The highest BCUT2D eigenvalue weighted by molar-refractivity contribution is 4.94. The summed E-state index contributed by atoms with van der Waals surface area (Å²) >= 11 is 0. The number of nitrogens with zero attached hydrogens (tertiary/aromatic N) is 1. The molecule has 1 atom stereocenters. The van der Waals surface area contributed by atoms with Crippen molar-refractivity contribution in [1.29, 1.82) is 0 Å². The molecule has 0 aromatic carbocycles. The number of piperidine rings is 1. The molecule has 2 aliphatic rings. The summed E-state index contributed by atoms with van der Waals surface area (Å²) in [6.07, 6.45) is 2.76. The van der Waals surface area contributed by atoms with Crippen molar-refractivity contribution in [2.75, 3.05) is 26.2 Å². The first-order chi connectivity index (χ1) is 5.70. The van der Waals surface area contributed by atoms with E-state index < -0.39 is 0 Å². The Hall–Kier alpha value is -0.0800. The normalized spacial score (nSPS) is 36.0. The van der Waals surface area contributed by atoms with Crippen LogP contribution in [-0.2, 0) is 0 Å². The molecule has 2 fully saturated rings. The van der Waals surface area contributed by atoms with Gasteiger partial charge in [-0.05, 0) is 37.9 Å². The summed E-state index contributed by atoms with van der Waals surface area (Å²) in [5, 5.41) is 3.48. The van der Waals surface area contributed by atoms with Gasteiger partial charge in [0.15, 0.2) is 0 Å². The molecule has 2 aliphatic heterocycles. The number of rotatable bonds is 1. The smallest absolute Gasteiger partial charge is 0.0171 e. The van der Waals surface area contributed by atoms with E-state index >= 15 is 0 Å². The average molecular weight is 168 g/mol. The number of nitrogens with one attached hydrogen (secondary N) is 1. The molecular weight excluding hydrogens is 148 g/mol. The summed E-state index contributed by atoms with van der Waals surface area (Å²) in [6, 6.07) is 0.840. The Bertz CT molecular complexity index is 161. The Balaban J connectivity index is 2.00. The number of hydrogen-bond acceptors (Lipinski definition) is 2. The molecule has 12 heavy (non-hydrogen) atoms. The van der Waals surface area contributed by atoms with Gasteiger partial charge in [0.1, 0.15) is 0 Å². The second-order valence-corrected chi connectivity index (χ2v) is 4.86. The first kappa shape index (κ1) is 8.52. The zero-order chi connectivity index (χ0) is 8.60. The summed E-state index contributed by atoms with van der Waals surface area (Å²) < 4.78 is 0. The second kappa shape index (κ2) is 3.00. The Morgan fingerprint density at radius 1 is 1.33 bits per heavy atom. The van der Waals surface area contributed by atoms with Crippen molar-refractivity contribution in [2.45, 2.75) is 32.7 Å². The lowest BCUT2D eigenvalue weighted by molar-refractivity contribution is 0.0176. The van der Waals surface area contributed by atoms with Gasteiger partial charge in [0.2, 0.25) is 0 Å². The van der Waals surface area contributed by atoms with Crippen LogP contribution in [0.2, 0.25) is 0 Å². The fraction of sp³-hybridized carbons (Fsp3) is 1.00. The van der Waals surface area contributed by atoms with E-state index in [1.165, 1.54) is 39.0 Å². The Morgan fingerprint density at radius 2 is 2.08 bits per heavy atom. The van der Waals surface area contributed by atoms with Crippen molar-refractivity contribution >= 4 is 0 Å². The van der Waals surface area contributed by atoms with Crippen LogP contribution in [-0.4, -0.2) is 37.1 Å². The Kier molecular flexibility index (Phi) is 2.13. The van der Waals surface area contributed by atoms with Crippen LogP contribution in [0, 0.1) is 5.41 Å². The van der Waals surface area contributed by atoms with E-state index in [1.54, 1.807) is 0 Å². The molecule has 0 saturated carbocycles. The molecule has 2 saturated heterocycles. The van der Waals surface area contributed by atoms with Crippen molar-refractivity contribution in [2.24, 2.45) is 5.41 Å². The minimum absolute atomic E-state index is 0.485. The number of hydrogen-bond donors (Lipinski definition) is 1. The molecule has 0 bridgehead atoms. The van der Waals surface area contributed by atoms with Crippen LogP contribution in [0.3, 0.4) is 0 Å². The summed E-state index contributed by atoms with van der Waals surface area (Å²) in [4.78, 5) is 2.65. The lowest BCUT2D eigenvalue weighted by Gasteiger charge is -2.49. The molecule has 0 radical (unpaired) electrons. The second-order valence-electron chi connectivity index (χ2n) is 4.86. The van der Waals surface area contributed by atoms with Crippen molar-refractivity contribution in [3.05, 3.63) is 0 Å². The molecule has 0 amide bonds. The zero-order valence-corrected chi connectivity index (χ0v) is 8.27. The van der Waals surface area contributed by atoms with Gasteiger partial charge in [0.05, 0.1) is 0 Å². The van der Waals surface area contributed by atoms with Crippen LogP contribution >= 0.6 is 0 Å². The van der Waals surface area contributed by atoms with Crippen LogP contribution in [0.1, 0.15) is 26.7 Å².